The largest absolute Gasteiger partial charge is 0.544 e. The lowest BCUT2D eigenvalue weighted by Crippen LogP contribution is -2.55. The van der Waals surface area contributed by atoms with E-state index in [0.717, 1.165) is 103 Å². The summed E-state index contributed by atoms with van der Waals surface area (Å²) in [5.41, 5.74) is 0. The van der Waals surface area contributed by atoms with Crippen molar-refractivity contribution in [3.05, 3.63) is 85.1 Å². The molecule has 0 saturated carbocycles. The van der Waals surface area contributed by atoms with Gasteiger partial charge in [0.25, 0.3) is 0 Å². The number of hydrogen-bond acceptors (Lipinski definition) is 7. The average molecular weight is 754 g/mol. The summed E-state index contributed by atoms with van der Waals surface area (Å²) in [6.07, 6.45) is 46.1. The third kappa shape index (κ3) is 34.3. The minimum Gasteiger partial charge on any atom is -0.544 e. The zero-order chi connectivity index (χ0) is 40.0. The van der Waals surface area contributed by atoms with Crippen molar-refractivity contribution in [2.45, 2.75) is 148 Å². The number of unbranched alkanes of at least 4 members (excludes halogenated alkanes) is 7. The maximum atomic E-state index is 12.7. The molecule has 0 amide bonds. The van der Waals surface area contributed by atoms with Crippen LogP contribution in [0.25, 0.3) is 0 Å². The van der Waals surface area contributed by atoms with Gasteiger partial charge in [-0.1, -0.05) is 118 Å². The van der Waals surface area contributed by atoms with E-state index in [1.165, 1.54) is 0 Å². The Morgan fingerprint density at radius 1 is 0.556 bits per heavy atom. The average Bonchev–Trinajstić information content (AvgIpc) is 3.12. The molecule has 0 rings (SSSR count). The predicted molar refractivity (Wildman–Crippen MR) is 222 cm³/mol. The van der Waals surface area contributed by atoms with Gasteiger partial charge in [0.1, 0.15) is 12.6 Å². The van der Waals surface area contributed by atoms with E-state index in [-0.39, 0.29) is 49.1 Å². The van der Waals surface area contributed by atoms with Gasteiger partial charge in [-0.2, -0.15) is 0 Å². The number of esters is 2. The summed E-state index contributed by atoms with van der Waals surface area (Å²) in [6.45, 7) is 4.34. The van der Waals surface area contributed by atoms with Gasteiger partial charge in [0.15, 0.2) is 6.10 Å². The van der Waals surface area contributed by atoms with E-state index < -0.39 is 18.1 Å². The van der Waals surface area contributed by atoms with Gasteiger partial charge in [-0.3, -0.25) is 9.59 Å². The molecule has 0 saturated heterocycles. The Balaban J connectivity index is 4.49. The molecule has 0 heterocycles. The minimum atomic E-state index is -1.14. The molecule has 2 atom stereocenters. The predicted octanol–water partition coefficient (Wildman–Crippen LogP) is 9.63. The molecule has 0 spiro atoms. The number of allylic oxidation sites excluding steroid dienone is 14. The highest BCUT2D eigenvalue weighted by molar-refractivity contribution is 5.70. The Kier molecular flexibility index (Phi) is 34.1. The minimum absolute atomic E-state index is 0.0156. The Morgan fingerprint density at radius 3 is 1.44 bits per heavy atom. The lowest BCUT2D eigenvalue weighted by Gasteiger charge is -2.34. The van der Waals surface area contributed by atoms with Gasteiger partial charge in [-0.15, -0.1) is 0 Å². The second-order valence-corrected chi connectivity index (χ2v) is 14.5. The van der Waals surface area contributed by atoms with Crippen molar-refractivity contribution in [1.82, 2.24) is 0 Å². The van der Waals surface area contributed by atoms with Crippen molar-refractivity contribution in [1.29, 1.82) is 0 Å². The number of ether oxygens (including phenoxy) is 3. The van der Waals surface area contributed by atoms with Crippen LogP contribution in [-0.2, 0) is 28.6 Å². The Labute approximate surface area is 329 Å². The second kappa shape index (κ2) is 36.5. The number of rotatable bonds is 35. The first kappa shape index (κ1) is 50.5. The zero-order valence-electron chi connectivity index (χ0n) is 34.6. The Bertz CT molecular complexity index is 1160. The normalized spacial score (nSPS) is 13.9. The van der Waals surface area contributed by atoms with Crippen LogP contribution >= 0.6 is 0 Å². The molecule has 0 aliphatic carbocycles. The number of carbonyl (C=O) groups excluding carboxylic acids is 3. The van der Waals surface area contributed by atoms with Crippen LogP contribution in [0.4, 0.5) is 0 Å². The van der Waals surface area contributed by atoms with Gasteiger partial charge >= 0.3 is 11.9 Å². The second-order valence-electron chi connectivity index (χ2n) is 14.5. The lowest BCUT2D eigenvalue weighted by molar-refractivity contribution is -0.889. The highest BCUT2D eigenvalue weighted by Gasteiger charge is 2.25. The van der Waals surface area contributed by atoms with Gasteiger partial charge < -0.3 is 28.6 Å². The summed E-state index contributed by atoms with van der Waals surface area (Å²) in [7, 11) is 5.37. The molecular formula is C46H75NO7. The molecule has 0 N–H and O–H groups in total. The van der Waals surface area contributed by atoms with Crippen LogP contribution in [-0.4, -0.2) is 75.5 Å². The van der Waals surface area contributed by atoms with Gasteiger partial charge in [0, 0.05) is 19.3 Å². The number of carboxylic acids is 1. The Morgan fingerprint density at radius 2 is 0.981 bits per heavy atom. The van der Waals surface area contributed by atoms with E-state index >= 15 is 0 Å². The smallest absolute Gasteiger partial charge is 0.306 e. The van der Waals surface area contributed by atoms with Crippen LogP contribution < -0.4 is 5.11 Å². The first-order valence-electron chi connectivity index (χ1n) is 20.6. The van der Waals surface area contributed by atoms with Crippen molar-refractivity contribution in [3.63, 3.8) is 0 Å². The molecule has 0 aliphatic heterocycles. The quantitative estimate of drug-likeness (QED) is 0.0275. The fourth-order valence-corrected chi connectivity index (χ4v) is 5.37. The summed E-state index contributed by atoms with van der Waals surface area (Å²) in [4.78, 5) is 36.8. The summed E-state index contributed by atoms with van der Waals surface area (Å²) < 4.78 is 17.1. The third-order valence-corrected chi connectivity index (χ3v) is 8.53. The first-order valence-corrected chi connectivity index (χ1v) is 20.6. The SMILES string of the molecule is CC/C=C\C/C=C\C/C=C\C/C=C\CCCCCCC(=O)OC(COCCC(C(=O)[O-])[N+](C)(C)C)COC(=O)CCCCC/C=C\C/C=C\C/C=C\CC. The fourth-order valence-electron chi connectivity index (χ4n) is 5.37. The Hall–Kier alpha value is -3.49. The topological polar surface area (TPSA) is 102 Å². The van der Waals surface area contributed by atoms with Crippen molar-refractivity contribution in [3.8, 4) is 0 Å². The number of nitrogens with zero attached hydrogens (tertiary/aromatic N) is 1. The van der Waals surface area contributed by atoms with Crippen LogP contribution in [0.15, 0.2) is 85.1 Å². The number of quaternary nitrogens is 1. The van der Waals surface area contributed by atoms with E-state index in [2.05, 4.69) is 98.9 Å². The van der Waals surface area contributed by atoms with Crippen molar-refractivity contribution >= 4 is 17.9 Å². The summed E-state index contributed by atoms with van der Waals surface area (Å²) in [5, 5.41) is 11.6. The maximum absolute atomic E-state index is 12.7. The molecule has 0 aliphatic rings. The van der Waals surface area contributed by atoms with E-state index in [9.17, 15) is 19.5 Å². The molecule has 54 heavy (non-hydrogen) atoms. The highest BCUT2D eigenvalue weighted by Crippen LogP contribution is 2.11. The molecule has 8 heteroatoms. The van der Waals surface area contributed by atoms with Crippen LogP contribution in [0.1, 0.15) is 136 Å². The summed E-state index contributed by atoms with van der Waals surface area (Å²) in [6, 6.07) is -0.739. The van der Waals surface area contributed by atoms with Gasteiger partial charge in [0.2, 0.25) is 0 Å². The molecular weight excluding hydrogens is 679 g/mol. The zero-order valence-corrected chi connectivity index (χ0v) is 34.6. The van der Waals surface area contributed by atoms with E-state index in [0.29, 0.717) is 6.42 Å². The van der Waals surface area contributed by atoms with Crippen LogP contribution in [0.3, 0.4) is 0 Å². The number of hydrogen-bond donors (Lipinski definition) is 0. The molecule has 0 aromatic heterocycles. The van der Waals surface area contributed by atoms with E-state index in [4.69, 9.17) is 14.2 Å². The van der Waals surface area contributed by atoms with Crippen molar-refractivity contribution < 1.29 is 38.2 Å². The number of carboxylic acid groups (broad SMARTS) is 1. The molecule has 0 radical (unpaired) electrons. The van der Waals surface area contributed by atoms with Crippen molar-refractivity contribution in [2.24, 2.45) is 0 Å². The number of aliphatic carboxylic acids is 1. The highest BCUT2D eigenvalue weighted by atomic mass is 16.6. The van der Waals surface area contributed by atoms with E-state index in [1.807, 2.05) is 0 Å². The fraction of sp³-hybridized carbons (Fsp3) is 0.630. The summed E-state index contributed by atoms with van der Waals surface area (Å²) in [5.74, 6) is -1.82. The molecule has 0 bridgehead atoms. The van der Waals surface area contributed by atoms with Gasteiger partial charge in [-0.05, 0) is 83.5 Å². The van der Waals surface area contributed by atoms with Crippen LogP contribution in [0.2, 0.25) is 0 Å². The molecule has 0 aromatic rings. The molecule has 0 aromatic carbocycles. The number of likely N-dealkylation sites (N-methyl/N-ethyl adjacent to an activating group) is 1. The maximum Gasteiger partial charge on any atom is 0.306 e. The van der Waals surface area contributed by atoms with E-state index in [1.54, 1.807) is 21.1 Å². The van der Waals surface area contributed by atoms with Crippen LogP contribution in [0.5, 0.6) is 0 Å². The molecule has 306 valence electrons. The molecule has 8 nitrogen and oxygen atoms in total. The molecule has 0 fully saturated rings. The molecule has 2 unspecified atom stereocenters. The third-order valence-electron chi connectivity index (χ3n) is 8.53. The first-order chi connectivity index (χ1) is 26.1. The van der Waals surface area contributed by atoms with Gasteiger partial charge in [-0.25, -0.2) is 0 Å². The standard InChI is InChI=1S/C46H75NO7/c1-6-8-10-12-14-16-18-20-21-22-23-25-27-29-31-33-35-37-45(49)54-42(40-52-39-38-43(46(50)51)47(3,4)5)41-53-44(48)36-34-32-30-28-26-24-19-17-15-13-11-9-7-2/h8-11,14-17,20-21,23-26,42-43H,6-7,12-13,18-19,22,27-41H2,1-5H3/b10-8-,11-9-,16-14-,17-15-,21-20-,25-23-,26-24-. The van der Waals surface area contributed by atoms with Crippen LogP contribution in [0, 0.1) is 0 Å². The summed E-state index contributed by atoms with van der Waals surface area (Å²) >= 11 is 0. The number of carbonyl (C=O) groups is 3. The van der Waals surface area contributed by atoms with Gasteiger partial charge in [0.05, 0.1) is 40.3 Å². The monoisotopic (exact) mass is 754 g/mol. The lowest BCUT2D eigenvalue weighted by atomic mass is 10.1. The van der Waals surface area contributed by atoms with Crippen molar-refractivity contribution in [2.75, 3.05) is 41.0 Å².